The van der Waals surface area contributed by atoms with Gasteiger partial charge in [-0.2, -0.15) is 0 Å². The van der Waals surface area contributed by atoms with E-state index >= 15 is 0 Å². The van der Waals surface area contributed by atoms with Crippen LogP contribution in [-0.4, -0.2) is 34.3 Å². The Kier molecular flexibility index (Phi) is 6.55. The summed E-state index contributed by atoms with van der Waals surface area (Å²) in [7, 11) is 0. The van der Waals surface area contributed by atoms with Gasteiger partial charge in [0.1, 0.15) is 11.0 Å². The zero-order chi connectivity index (χ0) is 19.9. The molecule has 1 aromatic heterocycles. The van der Waals surface area contributed by atoms with Gasteiger partial charge in [0.15, 0.2) is 0 Å². The van der Waals surface area contributed by atoms with E-state index in [2.05, 4.69) is 10.3 Å². The second kappa shape index (κ2) is 9.28. The molecule has 0 aliphatic carbocycles. The van der Waals surface area contributed by atoms with Crippen molar-refractivity contribution in [3.05, 3.63) is 65.7 Å². The van der Waals surface area contributed by atoms with Crippen molar-refractivity contribution in [2.45, 2.75) is 26.3 Å². The second-order valence-corrected chi connectivity index (χ2v) is 7.48. The minimum Gasteiger partial charge on any atom is -0.327 e. The highest BCUT2D eigenvalue weighted by atomic mass is 32.1. The van der Waals surface area contributed by atoms with Gasteiger partial charge < -0.3 is 10.2 Å². The summed E-state index contributed by atoms with van der Waals surface area (Å²) in [5.74, 6) is -0.404. The number of anilines is 1. The molecule has 1 heterocycles. The van der Waals surface area contributed by atoms with Crippen molar-refractivity contribution in [1.82, 2.24) is 9.88 Å². The van der Waals surface area contributed by atoms with E-state index in [0.29, 0.717) is 12.2 Å². The highest BCUT2D eigenvalue weighted by Gasteiger charge is 2.24. The normalized spacial score (nSPS) is 12.2. The molecule has 2 aromatic carbocycles. The van der Waals surface area contributed by atoms with Gasteiger partial charge in [-0.15, -0.1) is 11.3 Å². The van der Waals surface area contributed by atoms with E-state index in [0.717, 1.165) is 21.6 Å². The van der Waals surface area contributed by atoms with Crippen LogP contribution < -0.4 is 5.32 Å². The van der Waals surface area contributed by atoms with Gasteiger partial charge in [0, 0.05) is 18.3 Å². The molecule has 1 atom stereocenters. The molecule has 3 rings (SSSR count). The van der Waals surface area contributed by atoms with Crippen molar-refractivity contribution in [3.8, 4) is 0 Å². The highest BCUT2D eigenvalue weighted by Crippen LogP contribution is 2.22. The standard InChI is InChI=1S/C22H23N3O2S/c1-3-15-25(16(2)22(27)23-17-9-5-4-6-10-17)21(26)14-13-20-24-18-11-7-8-12-19(18)28-20/h4-14,16H,3,15H2,1-2H3,(H,23,27)/b14-13+. The summed E-state index contributed by atoms with van der Waals surface area (Å²) >= 11 is 1.53. The summed E-state index contributed by atoms with van der Waals surface area (Å²) in [5.41, 5.74) is 1.63. The van der Waals surface area contributed by atoms with Crippen LogP contribution in [0.2, 0.25) is 0 Å². The molecule has 28 heavy (non-hydrogen) atoms. The van der Waals surface area contributed by atoms with E-state index in [1.54, 1.807) is 17.9 Å². The lowest BCUT2D eigenvalue weighted by molar-refractivity contribution is -0.134. The average Bonchev–Trinajstić information content (AvgIpc) is 3.13. The van der Waals surface area contributed by atoms with Crippen LogP contribution in [0.5, 0.6) is 0 Å². The molecule has 0 fully saturated rings. The van der Waals surface area contributed by atoms with Crippen molar-refractivity contribution in [2.75, 3.05) is 11.9 Å². The molecule has 144 valence electrons. The number of amides is 2. The number of hydrogen-bond donors (Lipinski definition) is 1. The lowest BCUT2D eigenvalue weighted by atomic mass is 10.2. The molecular weight excluding hydrogens is 370 g/mol. The minimum absolute atomic E-state index is 0.197. The Labute approximate surface area is 168 Å². The highest BCUT2D eigenvalue weighted by molar-refractivity contribution is 7.19. The molecular formula is C22H23N3O2S. The molecule has 0 bridgehead atoms. The molecule has 1 N–H and O–H groups in total. The van der Waals surface area contributed by atoms with Crippen molar-refractivity contribution >= 4 is 45.1 Å². The van der Waals surface area contributed by atoms with Gasteiger partial charge in [0.05, 0.1) is 10.2 Å². The first-order chi connectivity index (χ1) is 13.6. The number of nitrogens with one attached hydrogen (secondary N) is 1. The maximum Gasteiger partial charge on any atom is 0.247 e. The zero-order valence-corrected chi connectivity index (χ0v) is 16.8. The lowest BCUT2D eigenvalue weighted by Crippen LogP contribution is -2.45. The predicted molar refractivity (Wildman–Crippen MR) is 115 cm³/mol. The van der Waals surface area contributed by atoms with Gasteiger partial charge in [-0.3, -0.25) is 9.59 Å². The molecule has 3 aromatic rings. The Bertz CT molecular complexity index is 949. The maximum atomic E-state index is 12.8. The molecule has 0 spiro atoms. The van der Waals surface area contributed by atoms with E-state index in [-0.39, 0.29) is 11.8 Å². The predicted octanol–water partition coefficient (Wildman–Crippen LogP) is 4.58. The number of thiazole rings is 1. The molecule has 0 saturated carbocycles. The Balaban J connectivity index is 1.70. The van der Waals surface area contributed by atoms with E-state index < -0.39 is 6.04 Å². The van der Waals surface area contributed by atoms with Crippen molar-refractivity contribution in [1.29, 1.82) is 0 Å². The van der Waals surface area contributed by atoms with Gasteiger partial charge in [0.25, 0.3) is 0 Å². The maximum absolute atomic E-state index is 12.8. The molecule has 0 aliphatic heterocycles. The minimum atomic E-state index is -0.576. The summed E-state index contributed by atoms with van der Waals surface area (Å²) < 4.78 is 1.08. The number of nitrogens with zero attached hydrogens (tertiary/aromatic N) is 2. The third-order valence-corrected chi connectivity index (χ3v) is 5.32. The number of rotatable bonds is 7. The number of carbonyl (C=O) groups is 2. The third kappa shape index (κ3) is 4.84. The summed E-state index contributed by atoms with van der Waals surface area (Å²) in [5, 5.41) is 3.63. The molecule has 0 aliphatic rings. The van der Waals surface area contributed by atoms with Gasteiger partial charge in [-0.1, -0.05) is 37.3 Å². The number of fused-ring (bicyclic) bond motifs is 1. The molecule has 0 radical (unpaired) electrons. The van der Waals surface area contributed by atoms with E-state index in [1.807, 2.05) is 61.5 Å². The largest absolute Gasteiger partial charge is 0.327 e. The first kappa shape index (κ1) is 19.8. The van der Waals surface area contributed by atoms with Gasteiger partial charge >= 0.3 is 0 Å². The molecule has 2 amide bonds. The fourth-order valence-electron chi connectivity index (χ4n) is 2.84. The van der Waals surface area contributed by atoms with Crippen molar-refractivity contribution < 1.29 is 9.59 Å². The second-order valence-electron chi connectivity index (χ2n) is 6.42. The van der Waals surface area contributed by atoms with Crippen molar-refractivity contribution in [3.63, 3.8) is 0 Å². The van der Waals surface area contributed by atoms with Crippen LogP contribution in [0.25, 0.3) is 16.3 Å². The fraction of sp³-hybridized carbons (Fsp3) is 0.227. The summed E-state index contributed by atoms with van der Waals surface area (Å²) in [4.78, 5) is 31.4. The third-order valence-electron chi connectivity index (χ3n) is 4.31. The lowest BCUT2D eigenvalue weighted by Gasteiger charge is -2.27. The number of aromatic nitrogens is 1. The van der Waals surface area contributed by atoms with Gasteiger partial charge in [-0.25, -0.2) is 4.98 Å². The monoisotopic (exact) mass is 393 g/mol. The number of para-hydroxylation sites is 2. The average molecular weight is 394 g/mol. The van der Waals surface area contributed by atoms with Crippen molar-refractivity contribution in [2.24, 2.45) is 0 Å². The first-order valence-corrected chi connectivity index (χ1v) is 10.1. The van der Waals surface area contributed by atoms with E-state index in [4.69, 9.17) is 0 Å². The fourth-order valence-corrected chi connectivity index (χ4v) is 3.72. The summed E-state index contributed by atoms with van der Waals surface area (Å²) in [6.45, 7) is 4.24. The SMILES string of the molecule is CCCN(C(=O)/C=C/c1nc2ccccc2s1)C(C)C(=O)Nc1ccccc1. The summed E-state index contributed by atoms with van der Waals surface area (Å²) in [6, 6.07) is 16.5. The van der Waals surface area contributed by atoms with Crippen LogP contribution in [0.1, 0.15) is 25.3 Å². The molecule has 1 unspecified atom stereocenters. The van der Waals surface area contributed by atoms with Gasteiger partial charge in [0.2, 0.25) is 11.8 Å². The zero-order valence-electron chi connectivity index (χ0n) is 16.0. The van der Waals surface area contributed by atoms with Crippen LogP contribution in [0.4, 0.5) is 5.69 Å². The van der Waals surface area contributed by atoms with Crippen LogP contribution in [0, 0.1) is 0 Å². The Hall–Kier alpha value is -2.99. The van der Waals surface area contributed by atoms with Gasteiger partial charge in [-0.05, 0) is 43.7 Å². The number of carbonyl (C=O) groups excluding carboxylic acids is 2. The summed E-state index contributed by atoms with van der Waals surface area (Å²) in [6.07, 6.45) is 3.99. The Morgan fingerprint density at radius 1 is 1.14 bits per heavy atom. The molecule has 0 saturated heterocycles. The van der Waals surface area contributed by atoms with Crippen LogP contribution in [0.3, 0.4) is 0 Å². The molecule has 6 heteroatoms. The topological polar surface area (TPSA) is 62.3 Å². The smallest absolute Gasteiger partial charge is 0.247 e. The molecule has 5 nitrogen and oxygen atoms in total. The van der Waals surface area contributed by atoms with Crippen LogP contribution in [0.15, 0.2) is 60.7 Å². The van der Waals surface area contributed by atoms with E-state index in [1.165, 1.54) is 17.4 Å². The van der Waals surface area contributed by atoms with E-state index in [9.17, 15) is 9.59 Å². The number of hydrogen-bond acceptors (Lipinski definition) is 4. The number of benzene rings is 2. The first-order valence-electron chi connectivity index (χ1n) is 9.28. The Morgan fingerprint density at radius 3 is 2.57 bits per heavy atom. The quantitative estimate of drug-likeness (QED) is 0.598. The van der Waals surface area contributed by atoms with Crippen LogP contribution in [-0.2, 0) is 9.59 Å². The van der Waals surface area contributed by atoms with Crippen LogP contribution >= 0.6 is 11.3 Å². The Morgan fingerprint density at radius 2 is 1.86 bits per heavy atom.